The van der Waals surface area contributed by atoms with E-state index in [1.54, 1.807) is 18.2 Å². The average molecular weight is 158 g/mol. The number of hydrogen-bond donors (Lipinski definition) is 0. The maximum absolute atomic E-state index is 11.3. The maximum atomic E-state index is 11.3. The van der Waals surface area contributed by atoms with Crippen molar-refractivity contribution in [3.05, 3.63) is 23.8 Å². The normalized spacial score (nSPS) is 15.2. The zero-order chi connectivity index (χ0) is 8.55. The van der Waals surface area contributed by atoms with Crippen molar-refractivity contribution in [3.8, 4) is 5.75 Å². The van der Waals surface area contributed by atoms with Crippen LogP contribution < -0.4 is 10.2 Å². The predicted octanol–water partition coefficient (Wildman–Crippen LogP) is 0.446. The van der Waals surface area contributed by atoms with Gasteiger partial charge in [-0.05, 0) is 12.1 Å². The van der Waals surface area contributed by atoms with Gasteiger partial charge in [-0.2, -0.15) is 0 Å². The summed E-state index contributed by atoms with van der Waals surface area (Å²) in [5, 5.41) is 0. The Morgan fingerprint density at radius 1 is 1.42 bits per heavy atom. The van der Waals surface area contributed by atoms with Crippen LogP contribution in [-0.2, 0) is 0 Å². The summed E-state index contributed by atoms with van der Waals surface area (Å²) in [6.45, 7) is 0.468. The first kappa shape index (κ1) is 7.41. The molecule has 0 saturated heterocycles. The number of fused-ring (bicyclic) bond motifs is 1. The molecule has 1 aliphatic rings. The molecule has 1 aromatic carbocycles. The Bertz CT molecular complexity index is 333. The van der Waals surface area contributed by atoms with Crippen molar-refractivity contribution in [1.29, 1.82) is 0 Å². The highest BCUT2D eigenvalue weighted by atomic mass is 16.5. The maximum Gasteiger partial charge on any atom is 0.169 e. The molecule has 3 heteroatoms. The summed E-state index contributed by atoms with van der Waals surface area (Å²) >= 11 is 0. The Balaban J connectivity index is 2.53. The predicted molar refractivity (Wildman–Crippen MR) is 46.3 cm³/mol. The van der Waals surface area contributed by atoms with Crippen molar-refractivity contribution in [1.82, 2.24) is 0 Å². The molecule has 0 spiro atoms. The van der Waals surface area contributed by atoms with E-state index in [1.165, 1.54) is 0 Å². The van der Waals surface area contributed by atoms with Gasteiger partial charge < -0.3 is 4.74 Å². The van der Waals surface area contributed by atoms with Gasteiger partial charge >= 0.3 is 0 Å². The third-order valence-corrected chi connectivity index (χ3v) is 1.89. The first-order chi connectivity index (χ1) is 5.77. The minimum atomic E-state index is 0.135. The number of ether oxygens (including phenoxy) is 1. The number of Topliss-reactive ketones (excluding diaryl/α,β-unsaturated/α-hetero) is 1. The fourth-order valence-corrected chi connectivity index (χ4v) is 1.28. The average Bonchev–Trinajstić information content (AvgIpc) is 2.04. The van der Waals surface area contributed by atoms with Gasteiger partial charge in [-0.3, -0.25) is 4.79 Å². The van der Waals surface area contributed by atoms with Gasteiger partial charge in [0.05, 0.1) is 12.2 Å². The summed E-state index contributed by atoms with van der Waals surface area (Å²) in [4.78, 5) is 11.3. The molecule has 0 aromatic heterocycles. The van der Waals surface area contributed by atoms with Gasteiger partial charge in [-0.15, -0.1) is 0 Å². The monoisotopic (exact) mass is 158 g/mol. The number of rotatable bonds is 0. The lowest BCUT2D eigenvalue weighted by Gasteiger charge is -2.16. The van der Waals surface area contributed by atoms with Crippen LogP contribution in [0.1, 0.15) is 16.8 Å². The van der Waals surface area contributed by atoms with Gasteiger partial charge in [0.15, 0.2) is 5.78 Å². The van der Waals surface area contributed by atoms with Gasteiger partial charge in [-0.25, -0.2) is 0 Å². The summed E-state index contributed by atoms with van der Waals surface area (Å²) in [6.07, 6.45) is 0.469. The van der Waals surface area contributed by atoms with Gasteiger partial charge in [0.1, 0.15) is 13.6 Å². The highest BCUT2D eigenvalue weighted by Gasteiger charge is 2.17. The summed E-state index contributed by atoms with van der Waals surface area (Å²) < 4.78 is 5.27. The minimum Gasteiger partial charge on any atom is -0.492 e. The molecule has 58 valence electrons. The highest BCUT2D eigenvalue weighted by molar-refractivity contribution is 6.32. The van der Waals surface area contributed by atoms with Crippen molar-refractivity contribution in [2.75, 3.05) is 6.61 Å². The molecule has 2 radical (unpaired) electrons. The largest absolute Gasteiger partial charge is 0.492 e. The second kappa shape index (κ2) is 2.66. The van der Waals surface area contributed by atoms with Crippen LogP contribution in [0.3, 0.4) is 0 Å². The molecular weight excluding hydrogens is 151 g/mol. The van der Waals surface area contributed by atoms with E-state index in [0.717, 1.165) is 0 Å². The van der Waals surface area contributed by atoms with Gasteiger partial charge in [-0.1, -0.05) is 11.5 Å². The standard InChI is InChI=1S/C9H7BO2/c10-6-1-2-7-8(11)3-4-12-9(7)5-6/h1-2,5H,3-4H2. The van der Waals surface area contributed by atoms with Crippen LogP contribution in [0.15, 0.2) is 18.2 Å². The van der Waals surface area contributed by atoms with Crippen LogP contribution in [0, 0.1) is 0 Å². The second-order valence-electron chi connectivity index (χ2n) is 2.78. The molecule has 0 atom stereocenters. The summed E-state index contributed by atoms with van der Waals surface area (Å²) in [5.41, 5.74) is 1.28. The van der Waals surface area contributed by atoms with Gasteiger partial charge in [0, 0.05) is 6.42 Å². The van der Waals surface area contributed by atoms with E-state index in [0.29, 0.717) is 29.8 Å². The lowest BCUT2D eigenvalue weighted by atomic mass is 9.93. The van der Waals surface area contributed by atoms with E-state index in [1.807, 2.05) is 0 Å². The van der Waals surface area contributed by atoms with Crippen molar-refractivity contribution in [2.24, 2.45) is 0 Å². The smallest absolute Gasteiger partial charge is 0.169 e. The topological polar surface area (TPSA) is 26.3 Å². The number of benzene rings is 1. The van der Waals surface area contributed by atoms with Crippen molar-refractivity contribution in [2.45, 2.75) is 6.42 Å². The first-order valence-electron chi connectivity index (χ1n) is 3.83. The number of carbonyl (C=O) groups is 1. The quantitative estimate of drug-likeness (QED) is 0.512. The van der Waals surface area contributed by atoms with E-state index >= 15 is 0 Å². The fraction of sp³-hybridized carbons (Fsp3) is 0.222. The van der Waals surface area contributed by atoms with Crippen LogP contribution in [-0.4, -0.2) is 20.2 Å². The third-order valence-electron chi connectivity index (χ3n) is 1.89. The van der Waals surface area contributed by atoms with Crippen LogP contribution in [0.4, 0.5) is 0 Å². The van der Waals surface area contributed by atoms with Crippen molar-refractivity contribution < 1.29 is 9.53 Å². The lowest BCUT2D eigenvalue weighted by Crippen LogP contribution is -2.17. The molecule has 0 N–H and O–H groups in total. The summed E-state index contributed by atoms with van der Waals surface area (Å²) in [6, 6.07) is 5.12. The van der Waals surface area contributed by atoms with Crippen LogP contribution in [0.5, 0.6) is 5.75 Å². The number of ketones is 1. The summed E-state index contributed by atoms with van der Waals surface area (Å²) in [7, 11) is 5.54. The molecule has 0 unspecified atom stereocenters. The third kappa shape index (κ3) is 1.11. The highest BCUT2D eigenvalue weighted by Crippen LogP contribution is 2.22. The molecule has 0 amide bonds. The zero-order valence-electron chi connectivity index (χ0n) is 6.54. The molecule has 1 aliphatic heterocycles. The molecule has 1 aromatic rings. The van der Waals surface area contributed by atoms with E-state index in [2.05, 4.69) is 0 Å². The molecule has 0 bridgehead atoms. The molecule has 1 heterocycles. The Morgan fingerprint density at radius 2 is 2.25 bits per heavy atom. The Kier molecular flexibility index (Phi) is 1.64. The molecule has 12 heavy (non-hydrogen) atoms. The van der Waals surface area contributed by atoms with E-state index in [9.17, 15) is 4.79 Å². The molecule has 2 nitrogen and oxygen atoms in total. The number of carbonyl (C=O) groups excluding carboxylic acids is 1. The van der Waals surface area contributed by atoms with E-state index in [-0.39, 0.29) is 5.78 Å². The van der Waals surface area contributed by atoms with Gasteiger partial charge in [0.25, 0.3) is 0 Å². The Labute approximate surface area is 71.9 Å². The van der Waals surface area contributed by atoms with E-state index in [4.69, 9.17) is 12.6 Å². The van der Waals surface area contributed by atoms with Crippen LogP contribution in [0.25, 0.3) is 0 Å². The zero-order valence-corrected chi connectivity index (χ0v) is 6.54. The first-order valence-corrected chi connectivity index (χ1v) is 3.83. The Hall–Kier alpha value is -1.25. The lowest BCUT2D eigenvalue weighted by molar-refractivity contribution is 0.0933. The number of hydrogen-bond acceptors (Lipinski definition) is 2. The van der Waals surface area contributed by atoms with Crippen molar-refractivity contribution in [3.63, 3.8) is 0 Å². The van der Waals surface area contributed by atoms with Crippen molar-refractivity contribution >= 4 is 19.1 Å². The molecule has 0 aliphatic carbocycles. The SMILES string of the molecule is [B]c1ccc2c(c1)OCCC2=O. The fourth-order valence-electron chi connectivity index (χ4n) is 1.28. The minimum absolute atomic E-state index is 0.135. The van der Waals surface area contributed by atoms with E-state index < -0.39 is 0 Å². The molecular formula is C9H7BO2. The van der Waals surface area contributed by atoms with Gasteiger partial charge in [0.2, 0.25) is 0 Å². The van der Waals surface area contributed by atoms with Crippen LogP contribution >= 0.6 is 0 Å². The van der Waals surface area contributed by atoms with Crippen LogP contribution in [0.2, 0.25) is 0 Å². The molecule has 0 saturated carbocycles. The second-order valence-corrected chi connectivity index (χ2v) is 2.78. The summed E-state index contributed by atoms with van der Waals surface area (Å²) in [5.74, 6) is 0.752. The Morgan fingerprint density at radius 3 is 3.08 bits per heavy atom. The molecule has 0 fully saturated rings. The molecule has 2 rings (SSSR count).